The van der Waals surface area contributed by atoms with Crippen LogP contribution in [0.15, 0.2) is 0 Å². The lowest BCUT2D eigenvalue weighted by atomic mass is 9.92. The number of nitrogens with one attached hydrogen (secondary N) is 2. The first-order valence-corrected chi connectivity index (χ1v) is 5.05. The molecule has 0 bridgehead atoms. The van der Waals surface area contributed by atoms with Crippen molar-refractivity contribution in [2.24, 2.45) is 5.41 Å². The summed E-state index contributed by atoms with van der Waals surface area (Å²) in [6, 6.07) is -0.744. The van der Waals surface area contributed by atoms with E-state index in [1.54, 1.807) is 6.92 Å². The number of carbonyl (C=O) groups excluding carboxylic acids is 2. The lowest BCUT2D eigenvalue weighted by Crippen LogP contribution is -2.50. The highest BCUT2D eigenvalue weighted by molar-refractivity contribution is 6.02. The third kappa shape index (κ3) is 3.52. The van der Waals surface area contributed by atoms with Gasteiger partial charge in [0.15, 0.2) is 0 Å². The normalized spacial score (nSPS) is 12.8. The van der Waals surface area contributed by atoms with Crippen molar-refractivity contribution in [2.45, 2.75) is 33.7 Å². The third-order valence-electron chi connectivity index (χ3n) is 2.19. The smallest absolute Gasteiger partial charge is 0.318 e. The van der Waals surface area contributed by atoms with E-state index in [-0.39, 0.29) is 5.91 Å². The molecule has 92 valence electrons. The number of carboxylic acids is 1. The topological polar surface area (TPSA) is 95.5 Å². The van der Waals surface area contributed by atoms with Crippen LogP contribution in [0.3, 0.4) is 0 Å². The van der Waals surface area contributed by atoms with Gasteiger partial charge in [0.1, 0.15) is 11.5 Å². The van der Waals surface area contributed by atoms with Crippen LogP contribution in [-0.4, -0.2) is 35.5 Å². The summed E-state index contributed by atoms with van der Waals surface area (Å²) < 4.78 is 0. The average molecular weight is 230 g/mol. The van der Waals surface area contributed by atoms with E-state index in [9.17, 15) is 14.4 Å². The van der Waals surface area contributed by atoms with Gasteiger partial charge in [-0.2, -0.15) is 0 Å². The second-order valence-electron chi connectivity index (χ2n) is 4.02. The summed E-state index contributed by atoms with van der Waals surface area (Å²) >= 11 is 0. The van der Waals surface area contributed by atoms with Crippen LogP contribution in [0, 0.1) is 5.41 Å². The van der Waals surface area contributed by atoms with E-state index in [0.29, 0.717) is 6.54 Å². The molecule has 1 atom stereocenters. The number of amides is 2. The van der Waals surface area contributed by atoms with Crippen LogP contribution in [0.4, 0.5) is 0 Å². The van der Waals surface area contributed by atoms with E-state index < -0.39 is 23.3 Å². The van der Waals surface area contributed by atoms with Crippen molar-refractivity contribution in [3.63, 3.8) is 0 Å². The highest BCUT2D eigenvalue weighted by atomic mass is 16.4. The summed E-state index contributed by atoms with van der Waals surface area (Å²) in [6.07, 6.45) is 0. The van der Waals surface area contributed by atoms with Crippen LogP contribution < -0.4 is 10.6 Å². The van der Waals surface area contributed by atoms with Crippen LogP contribution in [0.25, 0.3) is 0 Å². The van der Waals surface area contributed by atoms with Crippen molar-refractivity contribution < 1.29 is 19.5 Å². The first-order valence-electron chi connectivity index (χ1n) is 5.05. The molecule has 6 heteroatoms. The molecule has 0 aliphatic rings. The molecule has 2 amide bonds. The van der Waals surface area contributed by atoms with Crippen LogP contribution >= 0.6 is 0 Å². The summed E-state index contributed by atoms with van der Waals surface area (Å²) in [6.45, 7) is 6.29. The standard InChI is InChI=1S/C10H18N2O4/c1-5-11-7(13)6(2)12-8(14)10(3,4)9(15)16/h6H,5H2,1-4H3,(H,11,13)(H,12,14)(H,15,16). The molecule has 0 aromatic heterocycles. The minimum Gasteiger partial charge on any atom is -0.480 e. The summed E-state index contributed by atoms with van der Waals surface area (Å²) in [7, 11) is 0. The van der Waals surface area contributed by atoms with E-state index in [1.165, 1.54) is 20.8 Å². The number of hydrogen-bond acceptors (Lipinski definition) is 3. The molecular weight excluding hydrogens is 212 g/mol. The van der Waals surface area contributed by atoms with Gasteiger partial charge in [0, 0.05) is 6.54 Å². The zero-order valence-electron chi connectivity index (χ0n) is 9.96. The molecule has 1 unspecified atom stereocenters. The maximum absolute atomic E-state index is 11.6. The highest BCUT2D eigenvalue weighted by Crippen LogP contribution is 2.15. The number of aliphatic carboxylic acids is 1. The van der Waals surface area contributed by atoms with Gasteiger partial charge in [0.25, 0.3) is 0 Å². The SMILES string of the molecule is CCNC(=O)C(C)NC(=O)C(C)(C)C(=O)O. The maximum Gasteiger partial charge on any atom is 0.318 e. The van der Waals surface area contributed by atoms with Crippen molar-refractivity contribution in [1.29, 1.82) is 0 Å². The lowest BCUT2D eigenvalue weighted by molar-refractivity contribution is -0.154. The minimum atomic E-state index is -1.54. The third-order valence-corrected chi connectivity index (χ3v) is 2.19. The fourth-order valence-electron chi connectivity index (χ4n) is 0.867. The number of carbonyl (C=O) groups is 3. The Morgan fingerprint density at radius 2 is 1.81 bits per heavy atom. The quantitative estimate of drug-likeness (QED) is 0.567. The van der Waals surface area contributed by atoms with Gasteiger partial charge in [-0.25, -0.2) is 0 Å². The number of carboxylic acid groups (broad SMARTS) is 1. The van der Waals surface area contributed by atoms with Gasteiger partial charge in [-0.15, -0.1) is 0 Å². The van der Waals surface area contributed by atoms with Gasteiger partial charge < -0.3 is 15.7 Å². The van der Waals surface area contributed by atoms with Crippen molar-refractivity contribution in [2.75, 3.05) is 6.54 Å². The van der Waals surface area contributed by atoms with E-state index >= 15 is 0 Å². The molecule has 0 heterocycles. The molecule has 6 nitrogen and oxygen atoms in total. The van der Waals surface area contributed by atoms with E-state index in [0.717, 1.165) is 0 Å². The molecule has 0 aromatic carbocycles. The van der Waals surface area contributed by atoms with E-state index in [1.807, 2.05) is 0 Å². The number of hydrogen-bond donors (Lipinski definition) is 3. The molecule has 0 saturated carbocycles. The first-order chi connectivity index (χ1) is 7.23. The highest BCUT2D eigenvalue weighted by Gasteiger charge is 2.37. The summed E-state index contributed by atoms with van der Waals surface area (Å²) in [5.74, 6) is -2.25. The Bertz CT molecular complexity index is 299. The van der Waals surface area contributed by atoms with Crippen molar-refractivity contribution >= 4 is 17.8 Å². The van der Waals surface area contributed by atoms with Crippen LogP contribution in [0.5, 0.6) is 0 Å². The number of rotatable bonds is 5. The summed E-state index contributed by atoms with van der Waals surface area (Å²) in [5, 5.41) is 13.7. The fraction of sp³-hybridized carbons (Fsp3) is 0.700. The minimum absolute atomic E-state index is 0.336. The fourth-order valence-corrected chi connectivity index (χ4v) is 0.867. The van der Waals surface area contributed by atoms with Crippen LogP contribution in [0.2, 0.25) is 0 Å². The van der Waals surface area contributed by atoms with Crippen molar-refractivity contribution in [3.8, 4) is 0 Å². The Hall–Kier alpha value is -1.59. The van der Waals surface area contributed by atoms with Gasteiger partial charge in [-0.1, -0.05) is 0 Å². The Morgan fingerprint density at radius 3 is 2.19 bits per heavy atom. The van der Waals surface area contributed by atoms with Gasteiger partial charge in [0.05, 0.1) is 0 Å². The molecular formula is C10H18N2O4. The maximum atomic E-state index is 11.6. The molecule has 0 aliphatic carbocycles. The Balaban J connectivity index is 4.46. The van der Waals surface area contributed by atoms with Gasteiger partial charge in [-0.05, 0) is 27.7 Å². The molecule has 0 radical (unpaired) electrons. The second-order valence-corrected chi connectivity index (χ2v) is 4.02. The van der Waals surface area contributed by atoms with Gasteiger partial charge in [-0.3, -0.25) is 14.4 Å². The monoisotopic (exact) mass is 230 g/mol. The van der Waals surface area contributed by atoms with Gasteiger partial charge in [0.2, 0.25) is 11.8 Å². The van der Waals surface area contributed by atoms with Crippen LogP contribution in [0.1, 0.15) is 27.7 Å². The molecule has 0 aromatic rings. The Morgan fingerprint density at radius 1 is 1.31 bits per heavy atom. The van der Waals surface area contributed by atoms with Crippen molar-refractivity contribution in [1.82, 2.24) is 10.6 Å². The van der Waals surface area contributed by atoms with Crippen molar-refractivity contribution in [3.05, 3.63) is 0 Å². The Labute approximate surface area is 94.4 Å². The second kappa shape index (κ2) is 5.48. The zero-order valence-corrected chi connectivity index (χ0v) is 9.96. The Kier molecular flexibility index (Phi) is 4.94. The van der Waals surface area contributed by atoms with E-state index in [2.05, 4.69) is 10.6 Å². The summed E-state index contributed by atoms with van der Waals surface area (Å²) in [4.78, 5) is 33.6. The zero-order chi connectivity index (χ0) is 12.9. The molecule has 16 heavy (non-hydrogen) atoms. The van der Waals surface area contributed by atoms with Crippen LogP contribution in [-0.2, 0) is 14.4 Å². The molecule has 0 saturated heterocycles. The average Bonchev–Trinajstić information content (AvgIpc) is 2.17. The molecule has 0 rings (SSSR count). The van der Waals surface area contributed by atoms with Gasteiger partial charge >= 0.3 is 5.97 Å². The predicted octanol–water partition coefficient (Wildman–Crippen LogP) is -0.262. The lowest BCUT2D eigenvalue weighted by Gasteiger charge is -2.21. The summed E-state index contributed by atoms with van der Waals surface area (Å²) in [5.41, 5.74) is -1.54. The molecule has 0 fully saturated rings. The molecule has 3 N–H and O–H groups in total. The van der Waals surface area contributed by atoms with E-state index in [4.69, 9.17) is 5.11 Å². The first kappa shape index (κ1) is 14.4. The largest absolute Gasteiger partial charge is 0.480 e. The number of likely N-dealkylation sites (N-methyl/N-ethyl adjacent to an activating group) is 1. The predicted molar refractivity (Wildman–Crippen MR) is 57.7 cm³/mol. The molecule has 0 spiro atoms. The molecule has 0 aliphatic heterocycles.